The predicted molar refractivity (Wildman–Crippen MR) is 90.4 cm³/mol. The first-order valence-electron chi connectivity index (χ1n) is 7.46. The number of hydrogen-bond acceptors (Lipinski definition) is 3. The second-order valence-corrected chi connectivity index (χ2v) is 8.31. The Morgan fingerprint density at radius 3 is 2.60 bits per heavy atom. The Labute approximate surface area is 128 Å². The fraction of sp³-hybridized carbons (Fsp3) is 0.647. The second kappa shape index (κ2) is 6.08. The van der Waals surface area contributed by atoms with Crippen molar-refractivity contribution in [1.82, 2.24) is 10.2 Å². The largest absolute Gasteiger partial charge is 0.305 e. The monoisotopic (exact) mass is 292 g/mol. The van der Waals surface area contributed by atoms with Crippen molar-refractivity contribution < 1.29 is 0 Å². The van der Waals surface area contributed by atoms with Crippen LogP contribution in [0.1, 0.15) is 33.3 Å². The number of benzene rings is 1. The third kappa shape index (κ3) is 3.57. The molecule has 1 heterocycles. The molecule has 0 spiro atoms. The summed E-state index contributed by atoms with van der Waals surface area (Å²) in [5.41, 5.74) is 1.45. The summed E-state index contributed by atoms with van der Waals surface area (Å²) in [6, 6.07) is 11.4. The molecule has 1 aromatic rings. The molecule has 1 fully saturated rings. The minimum Gasteiger partial charge on any atom is -0.305 e. The van der Waals surface area contributed by atoms with Crippen LogP contribution in [-0.2, 0) is 5.54 Å². The highest BCUT2D eigenvalue weighted by Crippen LogP contribution is 2.30. The van der Waals surface area contributed by atoms with Crippen LogP contribution >= 0.6 is 11.8 Å². The van der Waals surface area contributed by atoms with Crippen molar-refractivity contribution in [2.24, 2.45) is 0 Å². The van der Waals surface area contributed by atoms with E-state index in [4.69, 9.17) is 0 Å². The quantitative estimate of drug-likeness (QED) is 0.916. The molecule has 1 aromatic carbocycles. The van der Waals surface area contributed by atoms with E-state index in [1.54, 1.807) is 0 Å². The van der Waals surface area contributed by atoms with Gasteiger partial charge in [0.25, 0.3) is 0 Å². The SMILES string of the molecule is CSC(C)(C)CN1CC(C)(c2ccccc2)NCC1C. The molecule has 2 rings (SSSR count). The summed E-state index contributed by atoms with van der Waals surface area (Å²) in [6.45, 7) is 12.6. The molecule has 1 aliphatic rings. The Bertz CT molecular complexity index is 432. The normalized spacial score (nSPS) is 28.6. The van der Waals surface area contributed by atoms with Gasteiger partial charge in [-0.2, -0.15) is 11.8 Å². The summed E-state index contributed by atoms with van der Waals surface area (Å²) >= 11 is 1.96. The zero-order valence-corrected chi connectivity index (χ0v) is 14.3. The molecule has 2 nitrogen and oxygen atoms in total. The van der Waals surface area contributed by atoms with Crippen molar-refractivity contribution in [2.45, 2.75) is 44.0 Å². The summed E-state index contributed by atoms with van der Waals surface area (Å²) in [5, 5.41) is 3.75. The van der Waals surface area contributed by atoms with Gasteiger partial charge in [0.2, 0.25) is 0 Å². The number of nitrogens with one attached hydrogen (secondary N) is 1. The molecule has 0 radical (unpaired) electrons. The summed E-state index contributed by atoms with van der Waals surface area (Å²) in [5.74, 6) is 0. The van der Waals surface area contributed by atoms with Crippen LogP contribution in [0.2, 0.25) is 0 Å². The second-order valence-electron chi connectivity index (χ2n) is 6.80. The number of hydrogen-bond donors (Lipinski definition) is 1. The maximum atomic E-state index is 3.75. The minimum atomic E-state index is 0.0578. The lowest BCUT2D eigenvalue weighted by atomic mass is 9.88. The van der Waals surface area contributed by atoms with Crippen molar-refractivity contribution in [3.63, 3.8) is 0 Å². The number of rotatable bonds is 4. The highest BCUT2D eigenvalue weighted by atomic mass is 32.2. The molecule has 2 atom stereocenters. The van der Waals surface area contributed by atoms with Gasteiger partial charge >= 0.3 is 0 Å². The van der Waals surface area contributed by atoms with Crippen LogP contribution in [0.3, 0.4) is 0 Å². The van der Waals surface area contributed by atoms with Gasteiger partial charge in [0.1, 0.15) is 0 Å². The van der Waals surface area contributed by atoms with Crippen molar-refractivity contribution in [3.8, 4) is 0 Å². The van der Waals surface area contributed by atoms with Crippen LogP contribution in [0, 0.1) is 0 Å². The van der Waals surface area contributed by atoms with Gasteiger partial charge in [0, 0.05) is 30.4 Å². The molecule has 1 N–H and O–H groups in total. The number of nitrogens with zero attached hydrogens (tertiary/aromatic N) is 1. The van der Waals surface area contributed by atoms with E-state index in [9.17, 15) is 0 Å². The van der Waals surface area contributed by atoms with Crippen molar-refractivity contribution in [1.29, 1.82) is 0 Å². The highest BCUT2D eigenvalue weighted by Gasteiger charge is 2.37. The average Bonchev–Trinajstić information content (AvgIpc) is 2.44. The molecule has 20 heavy (non-hydrogen) atoms. The van der Waals surface area contributed by atoms with Crippen molar-refractivity contribution in [3.05, 3.63) is 35.9 Å². The first-order valence-corrected chi connectivity index (χ1v) is 8.68. The van der Waals surface area contributed by atoms with E-state index in [1.807, 2.05) is 11.8 Å². The summed E-state index contributed by atoms with van der Waals surface area (Å²) in [6.07, 6.45) is 2.21. The fourth-order valence-corrected chi connectivity index (χ4v) is 3.18. The van der Waals surface area contributed by atoms with Crippen LogP contribution in [0.5, 0.6) is 0 Å². The zero-order valence-electron chi connectivity index (χ0n) is 13.4. The van der Waals surface area contributed by atoms with Crippen LogP contribution < -0.4 is 5.32 Å². The Morgan fingerprint density at radius 1 is 1.35 bits per heavy atom. The van der Waals surface area contributed by atoms with Gasteiger partial charge in [0.15, 0.2) is 0 Å². The Kier molecular flexibility index (Phi) is 4.83. The van der Waals surface area contributed by atoms with E-state index < -0.39 is 0 Å². The predicted octanol–water partition coefficient (Wildman–Crippen LogP) is 3.34. The smallest absolute Gasteiger partial charge is 0.0535 e. The van der Waals surface area contributed by atoms with E-state index in [-0.39, 0.29) is 5.54 Å². The first-order chi connectivity index (χ1) is 9.36. The van der Waals surface area contributed by atoms with E-state index in [2.05, 4.69) is 74.5 Å². The maximum Gasteiger partial charge on any atom is 0.0535 e. The van der Waals surface area contributed by atoms with Gasteiger partial charge in [0.05, 0.1) is 5.54 Å². The van der Waals surface area contributed by atoms with Gasteiger partial charge in [-0.3, -0.25) is 4.90 Å². The lowest BCUT2D eigenvalue weighted by molar-refractivity contribution is 0.0881. The summed E-state index contributed by atoms with van der Waals surface area (Å²) < 4.78 is 0.309. The van der Waals surface area contributed by atoms with Crippen molar-refractivity contribution >= 4 is 11.8 Å². The van der Waals surface area contributed by atoms with E-state index >= 15 is 0 Å². The van der Waals surface area contributed by atoms with Crippen molar-refractivity contribution in [2.75, 3.05) is 25.9 Å². The molecule has 0 aliphatic carbocycles. The third-order valence-corrected chi connectivity index (χ3v) is 5.71. The third-order valence-electron chi connectivity index (χ3n) is 4.48. The molecule has 112 valence electrons. The van der Waals surface area contributed by atoms with Crippen LogP contribution in [0.15, 0.2) is 30.3 Å². The minimum absolute atomic E-state index is 0.0578. The molecule has 2 unspecified atom stereocenters. The molecular formula is C17H28N2S. The Balaban J connectivity index is 2.15. The molecule has 0 amide bonds. The molecule has 0 aromatic heterocycles. The molecule has 1 aliphatic heterocycles. The Morgan fingerprint density at radius 2 is 2.00 bits per heavy atom. The van der Waals surface area contributed by atoms with E-state index in [0.717, 1.165) is 19.6 Å². The van der Waals surface area contributed by atoms with Gasteiger partial charge in [-0.15, -0.1) is 0 Å². The molecule has 0 saturated carbocycles. The summed E-state index contributed by atoms with van der Waals surface area (Å²) in [4.78, 5) is 2.64. The van der Waals surface area contributed by atoms with Crippen LogP contribution in [-0.4, -0.2) is 41.6 Å². The molecule has 1 saturated heterocycles. The van der Waals surface area contributed by atoms with E-state index in [1.165, 1.54) is 5.56 Å². The standard InChI is InChI=1S/C17H28N2S/c1-14-11-18-17(4,15-9-7-6-8-10-15)13-19(14)12-16(2,3)20-5/h6-10,14,18H,11-13H2,1-5H3. The van der Waals surface area contributed by atoms with E-state index in [0.29, 0.717) is 10.8 Å². The van der Waals surface area contributed by atoms with Crippen LogP contribution in [0.4, 0.5) is 0 Å². The summed E-state index contributed by atoms with van der Waals surface area (Å²) in [7, 11) is 0. The topological polar surface area (TPSA) is 15.3 Å². The first kappa shape index (κ1) is 15.9. The maximum absolute atomic E-state index is 3.75. The highest BCUT2D eigenvalue weighted by molar-refractivity contribution is 7.99. The number of piperazine rings is 1. The number of thioether (sulfide) groups is 1. The van der Waals surface area contributed by atoms with Gasteiger partial charge in [-0.25, -0.2) is 0 Å². The molecule has 3 heteroatoms. The van der Waals surface area contributed by atoms with Gasteiger partial charge in [-0.1, -0.05) is 30.3 Å². The fourth-order valence-electron chi connectivity index (χ4n) is 2.88. The lowest BCUT2D eigenvalue weighted by Gasteiger charge is -2.47. The average molecular weight is 292 g/mol. The van der Waals surface area contributed by atoms with Gasteiger partial charge < -0.3 is 5.32 Å². The molecule has 0 bridgehead atoms. The Hall–Kier alpha value is -0.510. The van der Waals surface area contributed by atoms with Crippen LogP contribution in [0.25, 0.3) is 0 Å². The lowest BCUT2D eigenvalue weighted by Crippen LogP contribution is -2.62. The molecular weight excluding hydrogens is 264 g/mol. The van der Waals surface area contributed by atoms with Gasteiger partial charge in [-0.05, 0) is 39.5 Å². The zero-order chi connectivity index (χ0) is 14.8.